The third-order valence-electron chi connectivity index (χ3n) is 3.60. The molecule has 0 atom stereocenters. The highest BCUT2D eigenvalue weighted by molar-refractivity contribution is 8.13. The van der Waals surface area contributed by atoms with Gasteiger partial charge in [-0.25, -0.2) is 5.48 Å². The predicted molar refractivity (Wildman–Crippen MR) is 98.7 cm³/mol. The van der Waals surface area contributed by atoms with Crippen molar-refractivity contribution in [2.75, 3.05) is 13.2 Å². The average Bonchev–Trinajstić information content (AvgIpc) is 3.14. The van der Waals surface area contributed by atoms with Gasteiger partial charge in [0.05, 0.1) is 6.54 Å². The molecule has 2 amide bonds. The molecule has 0 fully saturated rings. The number of carbonyl (C=O) groups excluding carboxylic acids is 2. The van der Waals surface area contributed by atoms with Gasteiger partial charge in [-0.15, -0.1) is 0 Å². The molecule has 0 unspecified atom stereocenters. The summed E-state index contributed by atoms with van der Waals surface area (Å²) in [6.07, 6.45) is 1.83. The number of amides is 2. The number of hydrogen-bond donors (Lipinski definition) is 4. The van der Waals surface area contributed by atoms with Gasteiger partial charge in [-0.05, 0) is 60.3 Å². The zero-order valence-corrected chi connectivity index (χ0v) is 14.5. The highest BCUT2D eigenvalue weighted by atomic mass is 32.2. The predicted octanol–water partition coefficient (Wildman–Crippen LogP) is 3.17. The number of carbonyl (C=O) groups is 2. The Labute approximate surface area is 153 Å². The molecule has 0 aliphatic heterocycles. The van der Waals surface area contributed by atoms with Crippen molar-refractivity contribution in [2.24, 2.45) is 0 Å². The van der Waals surface area contributed by atoms with Crippen LogP contribution in [0.3, 0.4) is 0 Å². The van der Waals surface area contributed by atoms with Crippen LogP contribution in [0.2, 0.25) is 0 Å². The van der Waals surface area contributed by atoms with Gasteiger partial charge in [0.1, 0.15) is 12.4 Å². The average molecular weight is 371 g/mol. The van der Waals surface area contributed by atoms with Crippen LogP contribution in [0.15, 0.2) is 59.6 Å². The second kappa shape index (κ2) is 8.41. The lowest BCUT2D eigenvalue weighted by molar-refractivity contribution is 0.0947. The van der Waals surface area contributed by atoms with Crippen LogP contribution in [0.25, 0.3) is 10.9 Å². The lowest BCUT2D eigenvalue weighted by Crippen LogP contribution is -2.28. The van der Waals surface area contributed by atoms with E-state index in [1.54, 1.807) is 35.8 Å². The van der Waals surface area contributed by atoms with E-state index >= 15 is 0 Å². The normalized spacial score (nSPS) is 10.5. The molecule has 0 aliphatic rings. The van der Waals surface area contributed by atoms with Gasteiger partial charge < -0.3 is 15.0 Å². The Morgan fingerprint density at radius 2 is 1.92 bits per heavy atom. The topological polar surface area (TPSA) is 103 Å². The first-order chi connectivity index (χ1) is 12.7. The maximum atomic E-state index is 12.2. The van der Waals surface area contributed by atoms with Crippen LogP contribution in [-0.2, 0) is 0 Å². The highest BCUT2D eigenvalue weighted by Crippen LogP contribution is 2.21. The van der Waals surface area contributed by atoms with Crippen molar-refractivity contribution >= 4 is 33.8 Å². The zero-order valence-electron chi connectivity index (χ0n) is 13.7. The summed E-state index contributed by atoms with van der Waals surface area (Å²) in [6, 6.07) is 14.2. The molecule has 0 bridgehead atoms. The summed E-state index contributed by atoms with van der Waals surface area (Å²) >= 11 is 0.869. The summed E-state index contributed by atoms with van der Waals surface area (Å²) < 4.78 is 5.56. The van der Waals surface area contributed by atoms with Gasteiger partial charge in [-0.2, -0.15) is 0 Å². The smallest absolute Gasteiger partial charge is 0.307 e. The van der Waals surface area contributed by atoms with E-state index < -0.39 is 5.24 Å². The minimum absolute atomic E-state index is 0.154. The summed E-state index contributed by atoms with van der Waals surface area (Å²) in [4.78, 5) is 27.0. The Kier molecular flexibility index (Phi) is 5.77. The summed E-state index contributed by atoms with van der Waals surface area (Å²) in [5, 5.41) is 11.7. The summed E-state index contributed by atoms with van der Waals surface area (Å²) in [7, 11) is 0. The van der Waals surface area contributed by atoms with Crippen molar-refractivity contribution in [3.05, 3.63) is 60.3 Å². The number of nitrogens with one attached hydrogen (secondary N) is 3. The van der Waals surface area contributed by atoms with Crippen molar-refractivity contribution in [2.45, 2.75) is 4.90 Å². The van der Waals surface area contributed by atoms with Crippen LogP contribution < -0.4 is 15.5 Å². The number of benzene rings is 2. The van der Waals surface area contributed by atoms with Crippen molar-refractivity contribution in [1.82, 2.24) is 15.8 Å². The van der Waals surface area contributed by atoms with Crippen LogP contribution >= 0.6 is 11.8 Å². The Balaban J connectivity index is 1.44. The number of hydroxylamine groups is 1. The molecule has 3 rings (SSSR count). The Morgan fingerprint density at radius 1 is 1.12 bits per heavy atom. The molecule has 0 radical (unpaired) electrons. The standard InChI is InChI=1S/C18H17N3O4S/c22-17(13-1-6-16-12(11-13)7-8-19-16)20-9-10-25-14-2-4-15(5-3-14)26-18(23)21-24/h1-8,11,19,24H,9-10H2,(H,20,22)(H,21,23). The quantitative estimate of drug-likeness (QED) is 0.231. The monoisotopic (exact) mass is 371 g/mol. The van der Waals surface area contributed by atoms with E-state index in [2.05, 4.69) is 10.3 Å². The number of hydrogen-bond acceptors (Lipinski definition) is 5. The maximum absolute atomic E-state index is 12.2. The lowest BCUT2D eigenvalue weighted by atomic mass is 10.1. The molecule has 3 aromatic rings. The molecule has 1 heterocycles. The van der Waals surface area contributed by atoms with E-state index in [0.717, 1.165) is 22.7 Å². The molecule has 0 saturated carbocycles. The first-order valence-electron chi connectivity index (χ1n) is 7.86. The molecule has 2 aromatic carbocycles. The van der Waals surface area contributed by atoms with Crippen molar-refractivity contribution < 1.29 is 19.5 Å². The third kappa shape index (κ3) is 4.56. The first kappa shape index (κ1) is 17.8. The number of H-pyrrole nitrogens is 1. The largest absolute Gasteiger partial charge is 0.492 e. The second-order valence-electron chi connectivity index (χ2n) is 5.36. The van der Waals surface area contributed by atoms with Gasteiger partial charge in [0.15, 0.2) is 0 Å². The summed E-state index contributed by atoms with van der Waals surface area (Å²) in [5.74, 6) is 0.472. The molecule has 26 heavy (non-hydrogen) atoms. The maximum Gasteiger partial charge on any atom is 0.307 e. The summed E-state index contributed by atoms with van der Waals surface area (Å²) in [5.41, 5.74) is 3.14. The molecule has 0 spiro atoms. The van der Waals surface area contributed by atoms with Gasteiger partial charge in [0.2, 0.25) is 0 Å². The number of fused-ring (bicyclic) bond motifs is 1. The zero-order chi connectivity index (χ0) is 18.4. The summed E-state index contributed by atoms with van der Waals surface area (Å²) in [6.45, 7) is 0.690. The fourth-order valence-electron chi connectivity index (χ4n) is 2.36. The number of thioether (sulfide) groups is 1. The molecule has 4 N–H and O–H groups in total. The molecule has 1 aromatic heterocycles. The van der Waals surface area contributed by atoms with Crippen LogP contribution in [-0.4, -0.2) is 34.5 Å². The molecular weight excluding hydrogens is 354 g/mol. The number of aromatic amines is 1. The Hall–Kier alpha value is -2.97. The third-order valence-corrected chi connectivity index (χ3v) is 4.38. The lowest BCUT2D eigenvalue weighted by Gasteiger charge is -2.08. The van der Waals surface area contributed by atoms with E-state index in [-0.39, 0.29) is 5.91 Å². The number of ether oxygens (including phenoxy) is 1. The fourth-order valence-corrected chi connectivity index (χ4v) is 2.90. The van der Waals surface area contributed by atoms with E-state index in [1.807, 2.05) is 24.4 Å². The molecule has 0 aliphatic carbocycles. The number of aromatic nitrogens is 1. The van der Waals surface area contributed by atoms with E-state index in [4.69, 9.17) is 9.94 Å². The minimum atomic E-state index is -0.556. The van der Waals surface area contributed by atoms with E-state index in [1.165, 1.54) is 0 Å². The van der Waals surface area contributed by atoms with E-state index in [0.29, 0.717) is 29.4 Å². The highest BCUT2D eigenvalue weighted by Gasteiger charge is 2.07. The fraction of sp³-hybridized carbons (Fsp3) is 0.111. The van der Waals surface area contributed by atoms with Crippen LogP contribution in [0.1, 0.15) is 10.4 Å². The van der Waals surface area contributed by atoms with Gasteiger partial charge in [0, 0.05) is 27.6 Å². The first-order valence-corrected chi connectivity index (χ1v) is 8.67. The minimum Gasteiger partial charge on any atom is -0.492 e. The van der Waals surface area contributed by atoms with Gasteiger partial charge >= 0.3 is 5.24 Å². The van der Waals surface area contributed by atoms with Crippen molar-refractivity contribution in [3.8, 4) is 5.75 Å². The SMILES string of the molecule is O=C(NO)Sc1ccc(OCCNC(=O)c2ccc3[nH]ccc3c2)cc1. The second-order valence-corrected chi connectivity index (χ2v) is 6.40. The Morgan fingerprint density at radius 3 is 2.69 bits per heavy atom. The van der Waals surface area contributed by atoms with Crippen molar-refractivity contribution in [3.63, 3.8) is 0 Å². The van der Waals surface area contributed by atoms with Crippen LogP contribution in [0.4, 0.5) is 4.79 Å². The molecular formula is C18H17N3O4S. The van der Waals surface area contributed by atoms with Crippen molar-refractivity contribution in [1.29, 1.82) is 0 Å². The number of rotatable bonds is 6. The van der Waals surface area contributed by atoms with Crippen LogP contribution in [0, 0.1) is 0 Å². The molecule has 7 nitrogen and oxygen atoms in total. The molecule has 134 valence electrons. The van der Waals surface area contributed by atoms with Crippen LogP contribution in [0.5, 0.6) is 5.75 Å². The van der Waals surface area contributed by atoms with Gasteiger partial charge in [-0.1, -0.05) is 0 Å². The van der Waals surface area contributed by atoms with E-state index in [9.17, 15) is 9.59 Å². The van der Waals surface area contributed by atoms with Gasteiger partial charge in [-0.3, -0.25) is 14.8 Å². The molecule has 0 saturated heterocycles. The Bertz CT molecular complexity index is 908. The molecule has 8 heteroatoms. The van der Waals surface area contributed by atoms with Gasteiger partial charge in [0.25, 0.3) is 5.91 Å².